The molecule has 0 spiro atoms. The van der Waals surface area contributed by atoms with Crippen LogP contribution >= 0.6 is 0 Å². The van der Waals surface area contributed by atoms with Crippen LogP contribution in [0.25, 0.3) is 0 Å². The molecule has 0 aromatic heterocycles. The van der Waals surface area contributed by atoms with Gasteiger partial charge in [0.2, 0.25) is 0 Å². The smallest absolute Gasteiger partial charge is 0.304 e. The maximum absolute atomic E-state index is 11.5. The highest BCUT2D eigenvalue weighted by Crippen LogP contribution is 2.12. The highest BCUT2D eigenvalue weighted by atomic mass is 16.2. The molecule has 1 fully saturated rings. The van der Waals surface area contributed by atoms with Gasteiger partial charge in [0.1, 0.15) is 0 Å². The molecule has 5 N–H and O–H groups in total. The minimum atomic E-state index is -0.112. The van der Waals surface area contributed by atoms with Crippen molar-refractivity contribution < 1.29 is 9.79 Å². The standard InChI is InChI=1S/C6H12N6O/c1-11-3-4(12(2)6(11)13)9-10-5(7)8-3/h3-4,9H,1-2H3,(H3,7,8,10)/p+1/t3-,4+/m0/s1. The first-order chi connectivity index (χ1) is 6.11. The second-order valence-electron chi connectivity index (χ2n) is 3.22. The molecule has 7 nitrogen and oxygen atoms in total. The molecule has 0 bridgehead atoms. The fourth-order valence-electron chi connectivity index (χ4n) is 1.61. The molecule has 0 aliphatic carbocycles. The summed E-state index contributed by atoms with van der Waals surface area (Å²) in [5.74, 6) is 0.427. The Hall–Kier alpha value is -1.50. The number of hydrazine groups is 1. The molecule has 2 amide bonds. The largest absolute Gasteiger partial charge is 0.360 e. The van der Waals surface area contributed by atoms with E-state index in [1.807, 2.05) is 0 Å². The lowest BCUT2D eigenvalue weighted by molar-refractivity contribution is -0.539. The molecule has 2 rings (SSSR count). The number of likely N-dealkylation sites (N-methyl/N-ethyl adjacent to an activating group) is 2. The van der Waals surface area contributed by atoms with Gasteiger partial charge in [0.25, 0.3) is 0 Å². The van der Waals surface area contributed by atoms with Crippen molar-refractivity contribution in [3.05, 3.63) is 0 Å². The lowest BCUT2D eigenvalue weighted by Crippen LogP contribution is -2.94. The molecule has 2 atom stereocenters. The summed E-state index contributed by atoms with van der Waals surface area (Å²) in [5, 5.41) is 0. The van der Waals surface area contributed by atoms with Gasteiger partial charge in [-0.2, -0.15) is 5.43 Å². The zero-order valence-electron chi connectivity index (χ0n) is 7.53. The molecule has 0 radical (unpaired) electrons. The normalized spacial score (nSPS) is 32.8. The number of rotatable bonds is 0. The number of amides is 2. The van der Waals surface area contributed by atoms with Crippen LogP contribution in [-0.4, -0.2) is 48.2 Å². The van der Waals surface area contributed by atoms with Crippen molar-refractivity contribution in [3.8, 4) is 0 Å². The summed E-state index contributed by atoms with van der Waals surface area (Å²) >= 11 is 0. The Labute approximate surface area is 75.5 Å². The van der Waals surface area contributed by atoms with Crippen LogP contribution in [0.15, 0.2) is 0 Å². The van der Waals surface area contributed by atoms with E-state index in [1.165, 1.54) is 0 Å². The maximum Gasteiger partial charge on any atom is 0.360 e. The van der Waals surface area contributed by atoms with Crippen LogP contribution in [0.5, 0.6) is 0 Å². The number of nitrogens with one attached hydrogen (secondary N) is 3. The van der Waals surface area contributed by atoms with Crippen LogP contribution in [0, 0.1) is 0 Å². The average Bonchev–Trinajstić information content (AvgIpc) is 2.32. The molecular weight excluding hydrogens is 172 g/mol. The van der Waals surface area contributed by atoms with E-state index in [0.29, 0.717) is 5.96 Å². The summed E-state index contributed by atoms with van der Waals surface area (Å²) in [4.78, 5) is 17.7. The molecular formula is C6H13N6O+. The summed E-state index contributed by atoms with van der Waals surface area (Å²) in [6.07, 6.45) is -0.205. The van der Waals surface area contributed by atoms with Crippen LogP contribution < -0.4 is 21.6 Å². The number of carbonyl (C=O) groups is 1. The SMILES string of the molecule is CN1C(=O)N(C)[C@H]2NNC(N)=[NH+][C@H]21. The number of guanidine groups is 1. The molecule has 2 heterocycles. The second-order valence-corrected chi connectivity index (χ2v) is 3.22. The van der Waals surface area contributed by atoms with Crippen molar-refractivity contribution in [2.75, 3.05) is 14.1 Å². The molecule has 13 heavy (non-hydrogen) atoms. The predicted octanol–water partition coefficient (Wildman–Crippen LogP) is -3.86. The quantitative estimate of drug-likeness (QED) is 0.311. The number of hydrogen-bond acceptors (Lipinski definition) is 4. The van der Waals surface area contributed by atoms with E-state index in [0.717, 1.165) is 0 Å². The van der Waals surface area contributed by atoms with Crippen LogP contribution in [0.1, 0.15) is 0 Å². The van der Waals surface area contributed by atoms with Gasteiger partial charge < -0.3 is 4.90 Å². The third-order valence-electron chi connectivity index (χ3n) is 2.40. The van der Waals surface area contributed by atoms with E-state index >= 15 is 0 Å². The summed E-state index contributed by atoms with van der Waals surface area (Å²) in [5.41, 5.74) is 11.2. The fraction of sp³-hybridized carbons (Fsp3) is 0.667. The maximum atomic E-state index is 11.5. The molecule has 0 aromatic rings. The van der Waals surface area contributed by atoms with Crippen molar-refractivity contribution in [1.82, 2.24) is 20.7 Å². The molecule has 72 valence electrons. The van der Waals surface area contributed by atoms with Crippen LogP contribution in [0.3, 0.4) is 0 Å². The number of urea groups is 1. The molecule has 0 aromatic carbocycles. The first-order valence-corrected chi connectivity index (χ1v) is 4.01. The lowest BCUT2D eigenvalue weighted by Gasteiger charge is -2.24. The minimum Gasteiger partial charge on any atom is -0.304 e. The number of fused-ring (bicyclic) bond motifs is 1. The minimum absolute atomic E-state index is 0.0356. The Kier molecular flexibility index (Phi) is 1.56. The van der Waals surface area contributed by atoms with E-state index in [4.69, 9.17) is 5.73 Å². The Morgan fingerprint density at radius 3 is 2.85 bits per heavy atom. The van der Waals surface area contributed by atoms with Gasteiger partial charge in [0, 0.05) is 14.1 Å². The van der Waals surface area contributed by atoms with E-state index in [2.05, 4.69) is 15.8 Å². The van der Waals surface area contributed by atoms with Gasteiger partial charge in [-0.05, 0) is 0 Å². The highest BCUT2D eigenvalue weighted by Gasteiger charge is 2.45. The summed E-state index contributed by atoms with van der Waals surface area (Å²) in [7, 11) is 3.47. The van der Waals surface area contributed by atoms with Gasteiger partial charge in [-0.25, -0.2) is 10.2 Å². The number of nitrogens with zero attached hydrogens (tertiary/aromatic N) is 2. The van der Waals surface area contributed by atoms with Gasteiger partial charge in [0.15, 0.2) is 12.3 Å². The Morgan fingerprint density at radius 2 is 2.15 bits per heavy atom. The van der Waals surface area contributed by atoms with Gasteiger partial charge in [-0.15, -0.1) is 0 Å². The van der Waals surface area contributed by atoms with Crippen molar-refractivity contribution in [2.45, 2.75) is 12.3 Å². The molecule has 7 heteroatoms. The zero-order valence-corrected chi connectivity index (χ0v) is 7.53. The highest BCUT2D eigenvalue weighted by molar-refractivity contribution is 5.78. The second kappa shape index (κ2) is 2.49. The first kappa shape index (κ1) is 8.11. The Balaban J connectivity index is 2.30. The third-order valence-corrected chi connectivity index (χ3v) is 2.40. The average molecular weight is 185 g/mol. The van der Waals surface area contributed by atoms with Crippen LogP contribution in [0.2, 0.25) is 0 Å². The van der Waals surface area contributed by atoms with E-state index in [9.17, 15) is 4.79 Å². The van der Waals surface area contributed by atoms with Crippen molar-refractivity contribution >= 4 is 12.0 Å². The Bertz CT molecular complexity index is 276. The topological polar surface area (TPSA) is 87.6 Å². The molecule has 2 aliphatic rings. The van der Waals surface area contributed by atoms with Crippen molar-refractivity contribution in [3.63, 3.8) is 0 Å². The van der Waals surface area contributed by atoms with Crippen molar-refractivity contribution in [2.24, 2.45) is 5.73 Å². The predicted molar refractivity (Wildman–Crippen MR) is 44.9 cm³/mol. The number of nitrogens with two attached hydrogens (primary N) is 1. The van der Waals surface area contributed by atoms with Gasteiger partial charge in [0.05, 0.1) is 0 Å². The molecule has 0 saturated carbocycles. The summed E-state index contributed by atoms with van der Waals surface area (Å²) in [6.45, 7) is 0. The van der Waals surface area contributed by atoms with Gasteiger partial charge in [-0.3, -0.25) is 15.6 Å². The summed E-state index contributed by atoms with van der Waals surface area (Å²) < 4.78 is 0. The molecule has 2 aliphatic heterocycles. The molecule has 1 saturated heterocycles. The fourth-order valence-corrected chi connectivity index (χ4v) is 1.61. The van der Waals surface area contributed by atoms with Crippen LogP contribution in [-0.2, 0) is 0 Å². The number of hydrogen-bond donors (Lipinski definition) is 4. The monoisotopic (exact) mass is 185 g/mol. The summed E-state index contributed by atoms with van der Waals surface area (Å²) in [6, 6.07) is -0.0356. The number of carbonyl (C=O) groups excluding carboxylic acids is 1. The lowest BCUT2D eigenvalue weighted by atomic mass is 10.4. The van der Waals surface area contributed by atoms with E-state index in [1.54, 1.807) is 23.9 Å². The van der Waals surface area contributed by atoms with E-state index < -0.39 is 0 Å². The van der Waals surface area contributed by atoms with Gasteiger partial charge in [-0.1, -0.05) is 0 Å². The van der Waals surface area contributed by atoms with Crippen LogP contribution in [0.4, 0.5) is 4.79 Å². The zero-order chi connectivity index (χ0) is 9.59. The van der Waals surface area contributed by atoms with Crippen molar-refractivity contribution in [1.29, 1.82) is 0 Å². The first-order valence-electron chi connectivity index (χ1n) is 4.01. The third kappa shape index (κ3) is 1.00. The van der Waals surface area contributed by atoms with Gasteiger partial charge >= 0.3 is 12.0 Å². The Morgan fingerprint density at radius 1 is 1.46 bits per heavy atom. The van der Waals surface area contributed by atoms with E-state index in [-0.39, 0.29) is 18.4 Å². The molecule has 0 unspecified atom stereocenters.